The third-order valence-corrected chi connectivity index (χ3v) is 4.36. The van der Waals surface area contributed by atoms with Gasteiger partial charge in [-0.15, -0.1) is 0 Å². The first-order valence-corrected chi connectivity index (χ1v) is 7.66. The Morgan fingerprint density at radius 1 is 1.42 bits per heavy atom. The lowest BCUT2D eigenvalue weighted by atomic mass is 10.1. The molecular weight excluding hydrogens is 304 g/mol. The van der Waals surface area contributed by atoms with Crippen molar-refractivity contribution in [2.24, 2.45) is 0 Å². The second-order valence-corrected chi connectivity index (χ2v) is 6.03. The van der Waals surface area contributed by atoms with Crippen molar-refractivity contribution in [2.75, 3.05) is 26.7 Å². The zero-order chi connectivity index (χ0) is 13.8. The van der Waals surface area contributed by atoms with Gasteiger partial charge in [0.15, 0.2) is 0 Å². The van der Waals surface area contributed by atoms with Crippen molar-refractivity contribution in [1.82, 2.24) is 9.80 Å². The maximum atomic E-state index is 12.3. The highest BCUT2D eigenvalue weighted by molar-refractivity contribution is 9.10. The second kappa shape index (κ2) is 6.53. The van der Waals surface area contributed by atoms with Crippen LogP contribution in [0.5, 0.6) is 0 Å². The summed E-state index contributed by atoms with van der Waals surface area (Å²) in [6.45, 7) is 5.25. The SMILES string of the molecule is CCN1CCCC1CN(C)C(=O)c1ccc(Br)cc1. The van der Waals surface area contributed by atoms with E-state index in [0.29, 0.717) is 6.04 Å². The van der Waals surface area contributed by atoms with Gasteiger partial charge in [-0.1, -0.05) is 22.9 Å². The lowest BCUT2D eigenvalue weighted by molar-refractivity contribution is 0.0754. The quantitative estimate of drug-likeness (QED) is 0.850. The molecule has 2 rings (SSSR count). The van der Waals surface area contributed by atoms with Crippen LogP contribution in [-0.4, -0.2) is 48.4 Å². The molecule has 3 nitrogen and oxygen atoms in total. The Bertz CT molecular complexity index is 432. The molecule has 0 N–H and O–H groups in total. The molecule has 1 unspecified atom stereocenters. The van der Waals surface area contributed by atoms with Crippen LogP contribution < -0.4 is 0 Å². The van der Waals surface area contributed by atoms with Crippen LogP contribution in [0.4, 0.5) is 0 Å². The number of likely N-dealkylation sites (N-methyl/N-ethyl adjacent to an activating group) is 2. The highest BCUT2D eigenvalue weighted by Gasteiger charge is 2.25. The molecule has 0 aliphatic carbocycles. The van der Waals surface area contributed by atoms with Crippen molar-refractivity contribution in [2.45, 2.75) is 25.8 Å². The van der Waals surface area contributed by atoms with Gasteiger partial charge in [0.1, 0.15) is 0 Å². The molecule has 1 atom stereocenters. The van der Waals surface area contributed by atoms with Gasteiger partial charge in [0.2, 0.25) is 0 Å². The normalized spacial score (nSPS) is 19.6. The number of benzene rings is 1. The van der Waals surface area contributed by atoms with Crippen LogP contribution in [0.3, 0.4) is 0 Å². The molecular formula is C15H21BrN2O. The highest BCUT2D eigenvalue weighted by atomic mass is 79.9. The fourth-order valence-electron chi connectivity index (χ4n) is 2.73. The smallest absolute Gasteiger partial charge is 0.253 e. The molecule has 1 amide bonds. The summed E-state index contributed by atoms with van der Waals surface area (Å²) < 4.78 is 1.000. The number of rotatable bonds is 4. The van der Waals surface area contributed by atoms with Crippen LogP contribution in [0.25, 0.3) is 0 Å². The Hall–Kier alpha value is -0.870. The number of hydrogen-bond donors (Lipinski definition) is 0. The molecule has 0 bridgehead atoms. The van der Waals surface area contributed by atoms with E-state index in [0.717, 1.165) is 23.1 Å². The molecule has 4 heteroatoms. The summed E-state index contributed by atoms with van der Waals surface area (Å²) in [5, 5.41) is 0. The van der Waals surface area contributed by atoms with E-state index in [9.17, 15) is 4.79 Å². The molecule has 1 fully saturated rings. The van der Waals surface area contributed by atoms with Crippen molar-refractivity contribution in [1.29, 1.82) is 0 Å². The number of carbonyl (C=O) groups excluding carboxylic acids is 1. The molecule has 0 saturated carbocycles. The zero-order valence-corrected chi connectivity index (χ0v) is 13.2. The summed E-state index contributed by atoms with van der Waals surface area (Å²) in [6, 6.07) is 8.09. The summed E-state index contributed by atoms with van der Waals surface area (Å²) in [4.78, 5) is 16.6. The third kappa shape index (κ3) is 3.57. The molecule has 1 saturated heterocycles. The number of nitrogens with zero attached hydrogens (tertiary/aromatic N) is 2. The largest absolute Gasteiger partial charge is 0.340 e. The van der Waals surface area contributed by atoms with E-state index >= 15 is 0 Å². The zero-order valence-electron chi connectivity index (χ0n) is 11.6. The summed E-state index contributed by atoms with van der Waals surface area (Å²) in [6.07, 6.45) is 2.45. The Morgan fingerprint density at radius 2 is 2.11 bits per heavy atom. The molecule has 19 heavy (non-hydrogen) atoms. The Morgan fingerprint density at radius 3 is 2.74 bits per heavy atom. The minimum Gasteiger partial charge on any atom is -0.340 e. The first-order chi connectivity index (χ1) is 9.11. The molecule has 1 aliphatic rings. The van der Waals surface area contributed by atoms with Crippen LogP contribution in [0.1, 0.15) is 30.1 Å². The van der Waals surface area contributed by atoms with Crippen LogP contribution >= 0.6 is 15.9 Å². The average molecular weight is 325 g/mol. The number of carbonyl (C=O) groups is 1. The van der Waals surface area contributed by atoms with E-state index in [1.807, 2.05) is 36.2 Å². The van der Waals surface area contributed by atoms with Crippen LogP contribution in [0, 0.1) is 0 Å². The molecule has 104 valence electrons. The lowest BCUT2D eigenvalue weighted by Crippen LogP contribution is -2.41. The summed E-state index contributed by atoms with van der Waals surface area (Å²) in [5.41, 5.74) is 0.756. The van der Waals surface area contributed by atoms with E-state index in [2.05, 4.69) is 27.8 Å². The van der Waals surface area contributed by atoms with Crippen LogP contribution in [0.15, 0.2) is 28.7 Å². The van der Waals surface area contributed by atoms with E-state index in [4.69, 9.17) is 0 Å². The van der Waals surface area contributed by atoms with Gasteiger partial charge in [-0.3, -0.25) is 9.69 Å². The maximum Gasteiger partial charge on any atom is 0.253 e. The van der Waals surface area contributed by atoms with E-state index in [1.54, 1.807) is 0 Å². The molecule has 0 radical (unpaired) electrons. The Kier molecular flexibility index (Phi) is 4.99. The number of halogens is 1. The van der Waals surface area contributed by atoms with Gasteiger partial charge in [0.25, 0.3) is 5.91 Å². The summed E-state index contributed by atoms with van der Waals surface area (Å²) in [5.74, 6) is 0.107. The summed E-state index contributed by atoms with van der Waals surface area (Å²) in [7, 11) is 1.90. The minimum absolute atomic E-state index is 0.107. The molecule has 1 aromatic rings. The fraction of sp³-hybridized carbons (Fsp3) is 0.533. The van der Waals surface area contributed by atoms with Gasteiger partial charge in [0.05, 0.1) is 0 Å². The predicted octanol–water partition coefficient (Wildman–Crippen LogP) is 3.01. The van der Waals surface area contributed by atoms with Crippen molar-refractivity contribution in [3.05, 3.63) is 34.3 Å². The van der Waals surface area contributed by atoms with E-state index < -0.39 is 0 Å². The van der Waals surface area contributed by atoms with Gasteiger partial charge in [-0.2, -0.15) is 0 Å². The third-order valence-electron chi connectivity index (χ3n) is 3.83. The van der Waals surface area contributed by atoms with Gasteiger partial charge < -0.3 is 4.90 Å². The highest BCUT2D eigenvalue weighted by Crippen LogP contribution is 2.18. The molecule has 0 spiro atoms. The monoisotopic (exact) mass is 324 g/mol. The minimum atomic E-state index is 0.107. The first kappa shape index (κ1) is 14.5. The van der Waals surface area contributed by atoms with Crippen LogP contribution in [0.2, 0.25) is 0 Å². The standard InChI is InChI=1S/C15H21BrN2O/c1-3-18-10-4-5-14(18)11-17(2)15(19)12-6-8-13(16)9-7-12/h6-9,14H,3-5,10-11H2,1-2H3. The van der Waals surface area contributed by atoms with Gasteiger partial charge >= 0.3 is 0 Å². The van der Waals surface area contributed by atoms with Crippen LogP contribution in [-0.2, 0) is 0 Å². The molecule has 0 aromatic heterocycles. The van der Waals surface area contributed by atoms with Crippen molar-refractivity contribution < 1.29 is 4.79 Å². The Labute approximate surface area is 123 Å². The first-order valence-electron chi connectivity index (χ1n) is 6.87. The molecule has 1 heterocycles. The van der Waals surface area contributed by atoms with Gasteiger partial charge in [-0.05, 0) is 50.2 Å². The van der Waals surface area contributed by atoms with Gasteiger partial charge in [-0.25, -0.2) is 0 Å². The van der Waals surface area contributed by atoms with Crippen molar-refractivity contribution >= 4 is 21.8 Å². The van der Waals surface area contributed by atoms with Gasteiger partial charge in [0, 0.05) is 29.7 Å². The second-order valence-electron chi connectivity index (χ2n) is 5.12. The predicted molar refractivity (Wildman–Crippen MR) is 81.4 cm³/mol. The van der Waals surface area contributed by atoms with Crippen molar-refractivity contribution in [3.8, 4) is 0 Å². The maximum absolute atomic E-state index is 12.3. The van der Waals surface area contributed by atoms with Crippen molar-refractivity contribution in [3.63, 3.8) is 0 Å². The molecule has 1 aliphatic heterocycles. The van der Waals surface area contributed by atoms with E-state index in [1.165, 1.54) is 19.4 Å². The average Bonchev–Trinajstić information content (AvgIpc) is 2.86. The lowest BCUT2D eigenvalue weighted by Gasteiger charge is -2.27. The Balaban J connectivity index is 1.97. The molecule has 1 aromatic carbocycles. The number of hydrogen-bond acceptors (Lipinski definition) is 2. The summed E-state index contributed by atoms with van der Waals surface area (Å²) >= 11 is 3.39. The van der Waals surface area contributed by atoms with E-state index in [-0.39, 0.29) is 5.91 Å². The number of amides is 1. The topological polar surface area (TPSA) is 23.6 Å². The number of likely N-dealkylation sites (tertiary alicyclic amines) is 1. The fourth-order valence-corrected chi connectivity index (χ4v) is 2.99.